The van der Waals surface area contributed by atoms with Crippen LogP contribution in [0.15, 0.2) is 47.4 Å². The summed E-state index contributed by atoms with van der Waals surface area (Å²) in [4.78, 5) is 1.86. The first-order valence-corrected chi connectivity index (χ1v) is 9.64. The van der Waals surface area contributed by atoms with Crippen LogP contribution in [-0.2, 0) is 16.6 Å². The molecular weight excluding hydrogens is 341 g/mol. The molecule has 1 heterocycles. The van der Waals surface area contributed by atoms with Crippen LogP contribution in [-0.4, -0.2) is 43.8 Å². The van der Waals surface area contributed by atoms with Gasteiger partial charge in [-0.25, -0.2) is 12.8 Å². The van der Waals surface area contributed by atoms with E-state index in [1.54, 1.807) is 6.92 Å². The number of piperazine rings is 1. The Bertz CT molecular complexity index is 848. The lowest BCUT2D eigenvalue weighted by molar-refractivity contribution is 0.181. The van der Waals surface area contributed by atoms with Crippen molar-refractivity contribution in [1.29, 1.82) is 0 Å². The molecule has 0 spiro atoms. The summed E-state index contributed by atoms with van der Waals surface area (Å²) in [5.74, 6) is -0.751. The molecule has 0 aromatic heterocycles. The Hall–Kier alpha value is -1.96. The third-order valence-corrected chi connectivity index (χ3v) is 6.43. The summed E-state index contributed by atoms with van der Waals surface area (Å²) in [6.45, 7) is 4.32. The van der Waals surface area contributed by atoms with Crippen molar-refractivity contribution in [1.82, 2.24) is 9.21 Å². The van der Waals surface area contributed by atoms with Crippen LogP contribution in [0, 0.1) is 12.7 Å². The van der Waals surface area contributed by atoms with Gasteiger partial charge in [0.1, 0.15) is 10.7 Å². The lowest BCUT2D eigenvalue weighted by atomic mass is 10.2. The zero-order valence-corrected chi connectivity index (χ0v) is 15.0. The Morgan fingerprint density at radius 2 is 1.72 bits per heavy atom. The van der Waals surface area contributed by atoms with Crippen LogP contribution in [0.5, 0.6) is 0 Å². The molecule has 0 unspecified atom stereocenters. The second kappa shape index (κ2) is 7.11. The minimum Gasteiger partial charge on any atom is -0.398 e. The summed E-state index contributed by atoms with van der Waals surface area (Å²) in [6.07, 6.45) is 0. The fourth-order valence-electron chi connectivity index (χ4n) is 2.97. The smallest absolute Gasteiger partial charge is 0.246 e. The second-order valence-electron chi connectivity index (χ2n) is 6.31. The molecule has 1 aliphatic heterocycles. The Balaban J connectivity index is 1.71. The fourth-order valence-corrected chi connectivity index (χ4v) is 4.48. The molecule has 5 nitrogen and oxygen atoms in total. The van der Waals surface area contributed by atoms with Crippen molar-refractivity contribution in [3.8, 4) is 0 Å². The number of anilines is 1. The van der Waals surface area contributed by atoms with E-state index in [1.807, 2.05) is 30.3 Å². The number of benzene rings is 2. The average molecular weight is 363 g/mol. The van der Waals surface area contributed by atoms with E-state index in [4.69, 9.17) is 5.73 Å². The predicted molar refractivity (Wildman–Crippen MR) is 96.0 cm³/mol. The molecule has 2 aromatic carbocycles. The quantitative estimate of drug-likeness (QED) is 0.846. The fraction of sp³-hybridized carbons (Fsp3) is 0.333. The first-order chi connectivity index (χ1) is 11.9. The van der Waals surface area contributed by atoms with Crippen molar-refractivity contribution in [2.24, 2.45) is 0 Å². The van der Waals surface area contributed by atoms with E-state index in [0.29, 0.717) is 31.7 Å². The van der Waals surface area contributed by atoms with Gasteiger partial charge in [-0.1, -0.05) is 30.3 Å². The van der Waals surface area contributed by atoms with Crippen molar-refractivity contribution in [2.75, 3.05) is 31.9 Å². The molecule has 7 heteroatoms. The van der Waals surface area contributed by atoms with Crippen LogP contribution < -0.4 is 5.73 Å². The topological polar surface area (TPSA) is 66.6 Å². The van der Waals surface area contributed by atoms with E-state index in [0.717, 1.165) is 6.54 Å². The highest BCUT2D eigenvalue weighted by molar-refractivity contribution is 7.89. The number of aryl methyl sites for hydroxylation is 1. The summed E-state index contributed by atoms with van der Waals surface area (Å²) in [7, 11) is -3.88. The maximum Gasteiger partial charge on any atom is 0.246 e. The molecule has 3 rings (SSSR count). The number of nitrogens with zero attached hydrogens (tertiary/aromatic N) is 2. The number of nitrogen functional groups attached to an aromatic ring is 1. The molecule has 0 amide bonds. The van der Waals surface area contributed by atoms with Crippen LogP contribution in [0.3, 0.4) is 0 Å². The third kappa shape index (κ3) is 3.84. The summed E-state index contributed by atoms with van der Waals surface area (Å²) < 4.78 is 41.0. The minimum atomic E-state index is -3.88. The summed E-state index contributed by atoms with van der Waals surface area (Å²) in [6, 6.07) is 12.4. The molecule has 0 radical (unpaired) electrons. The monoisotopic (exact) mass is 363 g/mol. The van der Waals surface area contributed by atoms with Gasteiger partial charge in [-0.15, -0.1) is 0 Å². The predicted octanol–water partition coefficient (Wildman–Crippen LogP) is 2.22. The van der Waals surface area contributed by atoms with Crippen molar-refractivity contribution in [3.05, 3.63) is 59.4 Å². The van der Waals surface area contributed by atoms with Gasteiger partial charge in [-0.05, 0) is 30.2 Å². The van der Waals surface area contributed by atoms with E-state index >= 15 is 0 Å². The molecule has 2 aromatic rings. The SMILES string of the molecule is Cc1cc(F)c(S(=O)(=O)N2CCN(Cc3ccccc3)CC2)cc1N. The zero-order valence-electron chi connectivity index (χ0n) is 14.2. The van der Waals surface area contributed by atoms with Crippen LogP contribution >= 0.6 is 0 Å². The van der Waals surface area contributed by atoms with Gasteiger partial charge in [-0.2, -0.15) is 4.31 Å². The molecule has 1 fully saturated rings. The largest absolute Gasteiger partial charge is 0.398 e. The van der Waals surface area contributed by atoms with Gasteiger partial charge in [-0.3, -0.25) is 4.90 Å². The number of halogens is 1. The number of sulfonamides is 1. The maximum absolute atomic E-state index is 14.2. The lowest BCUT2D eigenvalue weighted by Crippen LogP contribution is -2.48. The number of hydrogen-bond acceptors (Lipinski definition) is 4. The Morgan fingerprint density at radius 1 is 1.08 bits per heavy atom. The number of nitrogens with two attached hydrogens (primary N) is 1. The highest BCUT2D eigenvalue weighted by atomic mass is 32.2. The maximum atomic E-state index is 14.2. The first kappa shape index (κ1) is 17.8. The van der Waals surface area contributed by atoms with Crippen LogP contribution in [0.4, 0.5) is 10.1 Å². The Kier molecular flexibility index (Phi) is 5.08. The Labute approximate surface area is 147 Å². The van der Waals surface area contributed by atoms with Gasteiger partial charge in [0.15, 0.2) is 0 Å². The molecule has 0 aliphatic carbocycles. The van der Waals surface area contributed by atoms with Crippen LogP contribution in [0.25, 0.3) is 0 Å². The van der Waals surface area contributed by atoms with Gasteiger partial charge in [0.2, 0.25) is 10.0 Å². The van der Waals surface area contributed by atoms with Crippen LogP contribution in [0.1, 0.15) is 11.1 Å². The van der Waals surface area contributed by atoms with E-state index in [-0.39, 0.29) is 10.6 Å². The molecule has 2 N–H and O–H groups in total. The molecule has 0 atom stereocenters. The molecule has 25 heavy (non-hydrogen) atoms. The molecule has 1 saturated heterocycles. The van der Waals surface area contributed by atoms with E-state index < -0.39 is 15.8 Å². The number of hydrogen-bond donors (Lipinski definition) is 1. The normalized spacial score (nSPS) is 16.9. The van der Waals surface area contributed by atoms with Gasteiger partial charge in [0.25, 0.3) is 0 Å². The van der Waals surface area contributed by atoms with Crippen molar-refractivity contribution >= 4 is 15.7 Å². The number of rotatable bonds is 4. The lowest BCUT2D eigenvalue weighted by Gasteiger charge is -2.34. The summed E-state index contributed by atoms with van der Waals surface area (Å²) >= 11 is 0. The van der Waals surface area contributed by atoms with Crippen molar-refractivity contribution in [3.63, 3.8) is 0 Å². The minimum absolute atomic E-state index is 0.280. The first-order valence-electron chi connectivity index (χ1n) is 8.20. The van der Waals surface area contributed by atoms with E-state index in [2.05, 4.69) is 4.90 Å². The Morgan fingerprint density at radius 3 is 2.36 bits per heavy atom. The second-order valence-corrected chi connectivity index (χ2v) is 8.21. The van der Waals surface area contributed by atoms with Crippen molar-refractivity contribution < 1.29 is 12.8 Å². The van der Waals surface area contributed by atoms with Gasteiger partial charge in [0, 0.05) is 38.4 Å². The molecular formula is C18H22FN3O2S. The molecule has 0 bridgehead atoms. The van der Waals surface area contributed by atoms with Crippen molar-refractivity contribution in [2.45, 2.75) is 18.4 Å². The zero-order chi connectivity index (χ0) is 18.0. The average Bonchev–Trinajstić information content (AvgIpc) is 2.59. The van der Waals surface area contributed by atoms with Gasteiger partial charge in [0.05, 0.1) is 0 Å². The van der Waals surface area contributed by atoms with E-state index in [1.165, 1.54) is 22.0 Å². The summed E-state index contributed by atoms with van der Waals surface area (Å²) in [5.41, 5.74) is 7.77. The molecule has 1 aliphatic rings. The van der Waals surface area contributed by atoms with E-state index in [9.17, 15) is 12.8 Å². The van der Waals surface area contributed by atoms with Crippen LogP contribution in [0.2, 0.25) is 0 Å². The highest BCUT2D eigenvalue weighted by Gasteiger charge is 2.31. The highest BCUT2D eigenvalue weighted by Crippen LogP contribution is 2.25. The summed E-state index contributed by atoms with van der Waals surface area (Å²) in [5, 5.41) is 0. The molecule has 134 valence electrons. The molecule has 0 saturated carbocycles. The van der Waals surface area contributed by atoms with Gasteiger partial charge < -0.3 is 5.73 Å². The standard InChI is InChI=1S/C18H22FN3O2S/c1-14-11-16(19)18(12-17(14)20)25(23,24)22-9-7-21(8-10-22)13-15-5-3-2-4-6-15/h2-6,11-12H,7-10,13,20H2,1H3. The van der Waals surface area contributed by atoms with Gasteiger partial charge >= 0.3 is 0 Å². The third-order valence-electron chi connectivity index (χ3n) is 4.52.